The third kappa shape index (κ3) is 2.85. The zero-order valence-electron chi connectivity index (χ0n) is 11.5. The first-order valence-electron chi connectivity index (χ1n) is 6.77. The predicted octanol–water partition coefficient (Wildman–Crippen LogP) is 3.24. The Labute approximate surface area is 138 Å². The number of halogens is 1. The topological polar surface area (TPSA) is 53.2 Å². The number of ether oxygens (including phenoxy) is 1. The summed E-state index contributed by atoms with van der Waals surface area (Å²) in [5.74, 6) is 0.330. The van der Waals surface area contributed by atoms with Crippen molar-refractivity contribution in [2.24, 2.45) is 5.92 Å². The number of rotatable bonds is 5. The van der Waals surface area contributed by atoms with Crippen molar-refractivity contribution in [3.63, 3.8) is 0 Å². The molecule has 0 atom stereocenters. The first-order chi connectivity index (χ1) is 10.2. The van der Waals surface area contributed by atoms with Crippen LogP contribution in [0.1, 0.15) is 29.6 Å². The Balaban J connectivity index is 2.14. The highest BCUT2D eigenvalue weighted by Crippen LogP contribution is 2.33. The van der Waals surface area contributed by atoms with Crippen LogP contribution < -0.4 is 5.56 Å². The van der Waals surface area contributed by atoms with Crippen LogP contribution in [0.15, 0.2) is 23.3 Å². The van der Waals surface area contributed by atoms with Gasteiger partial charge in [0.05, 0.1) is 12.7 Å². The summed E-state index contributed by atoms with van der Waals surface area (Å²) >= 11 is 2.12. The van der Waals surface area contributed by atoms with Gasteiger partial charge in [-0.2, -0.15) is 0 Å². The highest BCUT2D eigenvalue weighted by Gasteiger charge is 2.23. The molecule has 112 valence electrons. The van der Waals surface area contributed by atoms with Crippen LogP contribution in [0, 0.1) is 5.92 Å². The lowest BCUT2D eigenvalue weighted by molar-refractivity contribution is 0.0602. The van der Waals surface area contributed by atoms with Crippen molar-refractivity contribution >= 4 is 47.2 Å². The fraction of sp³-hybridized carbons (Fsp3) is 0.429. The van der Waals surface area contributed by atoms with Gasteiger partial charge in [0.1, 0.15) is 5.52 Å². The highest BCUT2D eigenvalue weighted by molar-refractivity contribution is 14.2. The molecular weight excluding hydrogens is 403 g/mol. The predicted molar refractivity (Wildman–Crippen MR) is 91.9 cm³/mol. The van der Waals surface area contributed by atoms with E-state index in [4.69, 9.17) is 4.74 Å². The van der Waals surface area contributed by atoms with Gasteiger partial charge in [-0.15, -0.1) is 0 Å². The van der Waals surface area contributed by atoms with Crippen LogP contribution in [-0.4, -0.2) is 21.6 Å². The highest BCUT2D eigenvalue weighted by atomic mass is 127. The second-order valence-electron chi connectivity index (χ2n) is 5.24. The Kier molecular flexibility index (Phi) is 4.30. The maximum Gasteiger partial charge on any atom is 0.340 e. The van der Waals surface area contributed by atoms with Crippen molar-refractivity contribution in [2.45, 2.75) is 25.8 Å². The average Bonchev–Trinajstić information content (AvgIpc) is 3.22. The molecule has 0 aromatic carbocycles. The normalized spacial score (nSPS) is 14.6. The molecule has 0 aliphatic heterocycles. The van der Waals surface area contributed by atoms with Crippen LogP contribution in [0.4, 0.5) is 0 Å². The maximum absolute atomic E-state index is 12.6. The molecule has 3 rings (SSSR count). The summed E-state index contributed by atoms with van der Waals surface area (Å²) in [6, 6.07) is 1.79. The van der Waals surface area contributed by atoms with Crippen LogP contribution in [-0.2, 0) is 11.3 Å². The zero-order valence-corrected chi connectivity index (χ0v) is 14.5. The van der Waals surface area contributed by atoms with Crippen LogP contribution >= 0.6 is 30.3 Å². The van der Waals surface area contributed by atoms with Crippen LogP contribution in [0.5, 0.6) is 0 Å². The second-order valence-corrected chi connectivity index (χ2v) is 6.95. The minimum Gasteiger partial charge on any atom is -0.465 e. The number of fused-ring (bicyclic) bond motifs is 1. The molecule has 2 heterocycles. The molecule has 1 saturated carbocycles. The third-order valence-corrected chi connectivity index (χ3v) is 5.57. The number of aromatic nitrogens is 2. The number of carbonyl (C=O) groups excluding carboxylic acids is 1. The summed E-state index contributed by atoms with van der Waals surface area (Å²) < 4.78 is 8.29. The van der Waals surface area contributed by atoms with Crippen molar-refractivity contribution in [1.29, 1.82) is 0 Å². The molecule has 0 spiro atoms. The fourth-order valence-electron chi connectivity index (χ4n) is 2.49. The molecule has 0 amide bonds. The summed E-state index contributed by atoms with van der Waals surface area (Å²) in [7, 11) is 2.77. The van der Waals surface area contributed by atoms with Crippen molar-refractivity contribution in [3.8, 4) is 0 Å². The SMILES string of the molecule is COC(=O)c1cn(CCC2CC2)c(=O)c2c1ccn2SI. The summed E-state index contributed by atoms with van der Waals surface area (Å²) in [6.45, 7) is 0.653. The summed E-state index contributed by atoms with van der Waals surface area (Å²) in [5, 5.41) is 0.652. The molecule has 0 N–H and O–H groups in total. The summed E-state index contributed by atoms with van der Waals surface area (Å²) in [5.41, 5.74) is 0.952. The van der Waals surface area contributed by atoms with Gasteiger partial charge in [0.25, 0.3) is 5.56 Å². The van der Waals surface area contributed by atoms with Gasteiger partial charge in [0, 0.05) is 54.6 Å². The number of hydrogen-bond acceptors (Lipinski definition) is 4. The fourth-order valence-corrected chi connectivity index (χ4v) is 3.82. The smallest absolute Gasteiger partial charge is 0.340 e. The van der Waals surface area contributed by atoms with E-state index in [1.165, 1.54) is 29.1 Å². The number of methoxy groups -OCH3 is 1. The van der Waals surface area contributed by atoms with E-state index in [1.807, 2.05) is 0 Å². The lowest BCUT2D eigenvalue weighted by atomic mass is 10.2. The standard InChI is InChI=1S/C14H15IN2O3S/c1-20-14(19)11-8-16(6-4-9-2-3-9)13(18)12-10(11)5-7-17(12)21-15/h5,7-9H,2-4,6H2,1H3. The largest absolute Gasteiger partial charge is 0.465 e. The molecule has 2 aromatic heterocycles. The molecule has 0 radical (unpaired) electrons. The molecule has 7 heteroatoms. The molecule has 1 aliphatic carbocycles. The lowest BCUT2D eigenvalue weighted by Crippen LogP contribution is -2.23. The molecule has 1 fully saturated rings. The Morgan fingerprint density at radius 1 is 1.52 bits per heavy atom. The number of carbonyl (C=O) groups is 1. The molecule has 1 aliphatic rings. The Bertz CT molecular complexity index is 748. The van der Waals surface area contributed by atoms with Crippen LogP contribution in [0.25, 0.3) is 10.9 Å². The molecule has 21 heavy (non-hydrogen) atoms. The van der Waals surface area contributed by atoms with Crippen molar-refractivity contribution in [3.05, 3.63) is 34.4 Å². The second kappa shape index (κ2) is 6.04. The van der Waals surface area contributed by atoms with Gasteiger partial charge in [-0.3, -0.25) is 8.77 Å². The van der Waals surface area contributed by atoms with E-state index < -0.39 is 5.97 Å². The zero-order chi connectivity index (χ0) is 15.0. The van der Waals surface area contributed by atoms with E-state index >= 15 is 0 Å². The van der Waals surface area contributed by atoms with Gasteiger partial charge < -0.3 is 9.30 Å². The number of hydrogen-bond donors (Lipinski definition) is 0. The van der Waals surface area contributed by atoms with Gasteiger partial charge in [0.2, 0.25) is 0 Å². The average molecular weight is 418 g/mol. The van der Waals surface area contributed by atoms with E-state index in [0.717, 1.165) is 12.3 Å². The third-order valence-electron chi connectivity index (χ3n) is 3.85. The minimum absolute atomic E-state index is 0.0486. The summed E-state index contributed by atoms with van der Waals surface area (Å²) in [4.78, 5) is 24.6. The van der Waals surface area contributed by atoms with Crippen LogP contribution in [0.3, 0.4) is 0 Å². The monoisotopic (exact) mass is 418 g/mol. The van der Waals surface area contributed by atoms with Gasteiger partial charge in [0.15, 0.2) is 0 Å². The van der Waals surface area contributed by atoms with Gasteiger partial charge in [-0.1, -0.05) is 12.8 Å². The number of pyridine rings is 1. The van der Waals surface area contributed by atoms with Crippen molar-refractivity contribution < 1.29 is 9.53 Å². The Morgan fingerprint density at radius 2 is 2.29 bits per heavy atom. The molecule has 5 nitrogen and oxygen atoms in total. The quantitative estimate of drug-likeness (QED) is 0.553. The molecule has 0 bridgehead atoms. The molecule has 0 unspecified atom stereocenters. The molecular formula is C14H15IN2O3S. The number of nitrogens with zero attached hydrogens (tertiary/aromatic N) is 2. The van der Waals surface area contributed by atoms with Gasteiger partial charge in [-0.05, 0) is 18.4 Å². The van der Waals surface area contributed by atoms with E-state index in [2.05, 4.69) is 21.2 Å². The first-order valence-corrected chi connectivity index (χ1v) is 10.1. The van der Waals surface area contributed by atoms with Gasteiger partial charge >= 0.3 is 5.97 Å². The van der Waals surface area contributed by atoms with Gasteiger partial charge in [-0.25, -0.2) is 4.79 Å². The van der Waals surface area contributed by atoms with E-state index in [9.17, 15) is 9.59 Å². The Morgan fingerprint density at radius 3 is 2.90 bits per heavy atom. The maximum atomic E-state index is 12.6. The van der Waals surface area contributed by atoms with E-state index in [1.54, 1.807) is 27.0 Å². The lowest BCUT2D eigenvalue weighted by Gasteiger charge is -2.10. The van der Waals surface area contributed by atoms with Crippen LogP contribution in [0.2, 0.25) is 0 Å². The first kappa shape index (κ1) is 15.0. The number of aryl methyl sites for hydroxylation is 1. The van der Waals surface area contributed by atoms with Crippen molar-refractivity contribution in [2.75, 3.05) is 7.11 Å². The number of esters is 1. The summed E-state index contributed by atoms with van der Waals surface area (Å²) in [6.07, 6.45) is 6.94. The molecule has 0 saturated heterocycles. The minimum atomic E-state index is -0.406. The Hall–Kier alpha value is -0.960. The van der Waals surface area contributed by atoms with Crippen molar-refractivity contribution in [1.82, 2.24) is 8.54 Å². The van der Waals surface area contributed by atoms with E-state index in [0.29, 0.717) is 23.0 Å². The molecule has 2 aromatic rings. The van der Waals surface area contributed by atoms with E-state index in [-0.39, 0.29) is 5.56 Å².